The molecule has 0 amide bonds. The van der Waals surface area contributed by atoms with Crippen molar-refractivity contribution in [3.05, 3.63) is 51.1 Å². The topological polar surface area (TPSA) is 21.3 Å². The van der Waals surface area contributed by atoms with Gasteiger partial charge in [0.15, 0.2) is 0 Å². The Morgan fingerprint density at radius 1 is 1.33 bits per heavy atom. The Morgan fingerprint density at radius 3 is 2.89 bits per heavy atom. The fraction of sp³-hybridized carbons (Fsp3) is 0.286. The van der Waals surface area contributed by atoms with Crippen molar-refractivity contribution in [2.24, 2.45) is 0 Å². The van der Waals surface area contributed by atoms with Gasteiger partial charge >= 0.3 is 0 Å². The first-order chi connectivity index (χ1) is 8.79. The number of nitrogens with one attached hydrogen (secondary N) is 1. The van der Waals surface area contributed by atoms with Gasteiger partial charge in [0.2, 0.25) is 0 Å². The number of ether oxygens (including phenoxy) is 1. The van der Waals surface area contributed by atoms with E-state index in [2.05, 4.69) is 38.8 Å². The van der Waals surface area contributed by atoms with E-state index >= 15 is 0 Å². The summed E-state index contributed by atoms with van der Waals surface area (Å²) in [5.74, 6) is 0.902. The molecule has 1 atom stereocenters. The standard InChI is InChI=1S/C14H16BrNOS/c1-16-8-7-13(14-6-3-9-18-14)17-12-5-2-4-11(15)10-12/h2-6,9-10,13,16H,7-8H2,1H3/t13-/m0/s1. The summed E-state index contributed by atoms with van der Waals surface area (Å²) in [5.41, 5.74) is 0. The Hall–Kier alpha value is -0.840. The van der Waals surface area contributed by atoms with E-state index in [1.807, 2.05) is 31.3 Å². The Bertz CT molecular complexity index is 472. The van der Waals surface area contributed by atoms with Gasteiger partial charge in [-0.05, 0) is 43.2 Å². The highest BCUT2D eigenvalue weighted by Gasteiger charge is 2.14. The highest BCUT2D eigenvalue weighted by molar-refractivity contribution is 9.10. The summed E-state index contributed by atoms with van der Waals surface area (Å²) in [4.78, 5) is 1.27. The van der Waals surface area contributed by atoms with Crippen molar-refractivity contribution in [2.75, 3.05) is 13.6 Å². The summed E-state index contributed by atoms with van der Waals surface area (Å²) >= 11 is 5.20. The lowest BCUT2D eigenvalue weighted by atomic mass is 10.2. The molecule has 0 fully saturated rings. The van der Waals surface area contributed by atoms with Gasteiger partial charge in [-0.1, -0.05) is 28.1 Å². The molecule has 0 unspecified atom stereocenters. The SMILES string of the molecule is CNCC[C@H](Oc1cccc(Br)c1)c1cccs1. The molecular weight excluding hydrogens is 310 g/mol. The minimum absolute atomic E-state index is 0.117. The molecule has 96 valence electrons. The molecule has 18 heavy (non-hydrogen) atoms. The molecule has 2 nitrogen and oxygen atoms in total. The van der Waals surface area contributed by atoms with Crippen LogP contribution >= 0.6 is 27.3 Å². The maximum atomic E-state index is 6.08. The van der Waals surface area contributed by atoms with Gasteiger partial charge < -0.3 is 10.1 Å². The van der Waals surface area contributed by atoms with Crippen LogP contribution in [0.5, 0.6) is 5.75 Å². The monoisotopic (exact) mass is 325 g/mol. The molecule has 1 heterocycles. The third-order valence-corrected chi connectivity index (χ3v) is 4.05. The Balaban J connectivity index is 2.10. The molecule has 1 N–H and O–H groups in total. The second kappa shape index (κ2) is 6.92. The van der Waals surface area contributed by atoms with E-state index in [-0.39, 0.29) is 6.10 Å². The maximum Gasteiger partial charge on any atom is 0.134 e. The van der Waals surface area contributed by atoms with Crippen LogP contribution in [0.15, 0.2) is 46.3 Å². The maximum absolute atomic E-state index is 6.08. The van der Waals surface area contributed by atoms with Crippen LogP contribution in [-0.4, -0.2) is 13.6 Å². The van der Waals surface area contributed by atoms with Crippen LogP contribution in [0, 0.1) is 0 Å². The Labute approximate surface area is 120 Å². The van der Waals surface area contributed by atoms with E-state index in [0.29, 0.717) is 0 Å². The zero-order valence-electron chi connectivity index (χ0n) is 10.2. The van der Waals surface area contributed by atoms with E-state index in [1.54, 1.807) is 11.3 Å². The van der Waals surface area contributed by atoms with Gasteiger partial charge in [0.1, 0.15) is 11.9 Å². The van der Waals surface area contributed by atoms with E-state index < -0.39 is 0 Å². The smallest absolute Gasteiger partial charge is 0.134 e. The van der Waals surface area contributed by atoms with Gasteiger partial charge in [0.05, 0.1) is 0 Å². The summed E-state index contributed by atoms with van der Waals surface area (Å²) in [6.07, 6.45) is 1.08. The van der Waals surface area contributed by atoms with Gasteiger partial charge in [-0.2, -0.15) is 0 Å². The van der Waals surface area contributed by atoms with E-state index in [9.17, 15) is 0 Å². The molecule has 0 bridgehead atoms. The zero-order valence-corrected chi connectivity index (χ0v) is 12.6. The van der Waals surface area contributed by atoms with E-state index in [1.165, 1.54) is 4.88 Å². The minimum Gasteiger partial charge on any atom is -0.485 e. The van der Waals surface area contributed by atoms with Gasteiger partial charge in [0, 0.05) is 15.8 Å². The van der Waals surface area contributed by atoms with Crippen LogP contribution in [0.3, 0.4) is 0 Å². The number of halogens is 1. The van der Waals surface area contributed by atoms with Gasteiger partial charge in [0.25, 0.3) is 0 Å². The van der Waals surface area contributed by atoms with Crippen molar-refractivity contribution < 1.29 is 4.74 Å². The summed E-state index contributed by atoms with van der Waals surface area (Å²) < 4.78 is 7.12. The molecule has 1 aromatic carbocycles. The largest absolute Gasteiger partial charge is 0.485 e. The van der Waals surface area contributed by atoms with Crippen LogP contribution in [0.1, 0.15) is 17.4 Å². The van der Waals surface area contributed by atoms with Crippen LogP contribution in [0.2, 0.25) is 0 Å². The summed E-state index contributed by atoms with van der Waals surface area (Å²) in [5, 5.41) is 5.26. The van der Waals surface area contributed by atoms with Crippen molar-refractivity contribution in [3.63, 3.8) is 0 Å². The first kappa shape index (κ1) is 13.6. The molecular formula is C14H16BrNOS. The van der Waals surface area contributed by atoms with Gasteiger partial charge in [-0.3, -0.25) is 0 Å². The zero-order chi connectivity index (χ0) is 12.8. The average molecular weight is 326 g/mol. The molecule has 2 rings (SSSR count). The normalized spacial score (nSPS) is 12.3. The number of rotatable bonds is 6. The quantitative estimate of drug-likeness (QED) is 0.857. The van der Waals surface area contributed by atoms with Crippen LogP contribution < -0.4 is 10.1 Å². The molecule has 0 radical (unpaired) electrons. The van der Waals surface area contributed by atoms with Crippen molar-refractivity contribution >= 4 is 27.3 Å². The first-order valence-corrected chi connectivity index (χ1v) is 7.57. The predicted octanol–water partition coefficient (Wildman–Crippen LogP) is 4.24. The molecule has 4 heteroatoms. The van der Waals surface area contributed by atoms with Gasteiger partial charge in [-0.15, -0.1) is 11.3 Å². The Morgan fingerprint density at radius 2 is 2.22 bits per heavy atom. The fourth-order valence-corrected chi connectivity index (χ4v) is 2.88. The molecule has 0 spiro atoms. The highest BCUT2D eigenvalue weighted by atomic mass is 79.9. The van der Waals surface area contributed by atoms with Crippen molar-refractivity contribution in [1.29, 1.82) is 0 Å². The minimum atomic E-state index is 0.117. The van der Waals surface area contributed by atoms with E-state index in [4.69, 9.17) is 4.74 Å². The van der Waals surface area contributed by atoms with E-state index in [0.717, 1.165) is 23.2 Å². The van der Waals surface area contributed by atoms with Crippen molar-refractivity contribution in [1.82, 2.24) is 5.32 Å². The molecule has 0 saturated carbocycles. The number of thiophene rings is 1. The van der Waals surface area contributed by atoms with Crippen molar-refractivity contribution in [3.8, 4) is 5.75 Å². The number of hydrogen-bond donors (Lipinski definition) is 1. The fourth-order valence-electron chi connectivity index (χ4n) is 1.71. The third-order valence-electron chi connectivity index (χ3n) is 2.59. The first-order valence-electron chi connectivity index (χ1n) is 5.90. The molecule has 0 aliphatic rings. The van der Waals surface area contributed by atoms with Crippen LogP contribution in [-0.2, 0) is 0 Å². The summed E-state index contributed by atoms with van der Waals surface area (Å²) in [6, 6.07) is 12.2. The van der Waals surface area contributed by atoms with Crippen LogP contribution in [0.25, 0.3) is 0 Å². The second-order valence-electron chi connectivity index (χ2n) is 3.97. The van der Waals surface area contributed by atoms with Crippen molar-refractivity contribution in [2.45, 2.75) is 12.5 Å². The molecule has 0 aliphatic carbocycles. The van der Waals surface area contributed by atoms with Crippen LogP contribution in [0.4, 0.5) is 0 Å². The average Bonchev–Trinajstić information content (AvgIpc) is 2.88. The lowest BCUT2D eigenvalue weighted by Crippen LogP contribution is -2.15. The molecule has 0 saturated heterocycles. The predicted molar refractivity (Wildman–Crippen MR) is 80.4 cm³/mol. The molecule has 0 aliphatic heterocycles. The summed E-state index contributed by atoms with van der Waals surface area (Å²) in [7, 11) is 1.96. The lowest BCUT2D eigenvalue weighted by molar-refractivity contribution is 0.198. The third kappa shape index (κ3) is 3.83. The second-order valence-corrected chi connectivity index (χ2v) is 5.87. The van der Waals surface area contributed by atoms with Gasteiger partial charge in [-0.25, -0.2) is 0 Å². The molecule has 2 aromatic rings. The lowest BCUT2D eigenvalue weighted by Gasteiger charge is -2.18. The number of benzene rings is 1. The highest BCUT2D eigenvalue weighted by Crippen LogP contribution is 2.29. The number of hydrogen-bond acceptors (Lipinski definition) is 3. The Kier molecular flexibility index (Phi) is 5.23. The molecule has 1 aromatic heterocycles. The summed E-state index contributed by atoms with van der Waals surface area (Å²) in [6.45, 7) is 0.941.